The fourth-order valence-electron chi connectivity index (χ4n) is 2.33. The molecule has 1 aromatic heterocycles. The number of rotatable bonds is 3. The van der Waals surface area contributed by atoms with E-state index in [0.29, 0.717) is 22.5 Å². The molecule has 0 aliphatic carbocycles. The number of hydrogen-bond acceptors (Lipinski definition) is 3. The molecule has 0 atom stereocenters. The summed E-state index contributed by atoms with van der Waals surface area (Å²) in [7, 11) is 0. The van der Waals surface area contributed by atoms with Gasteiger partial charge in [-0.15, -0.1) is 0 Å². The maximum atomic E-state index is 13.8. The number of aromatic nitrogens is 2. The van der Waals surface area contributed by atoms with Crippen LogP contribution in [0.25, 0.3) is 11.0 Å². The normalized spacial score (nSPS) is 11.2. The fourth-order valence-corrected chi connectivity index (χ4v) is 2.33. The minimum Gasteiger partial charge on any atom is -0.399 e. The number of aliphatic hydroxyl groups is 1. The Morgan fingerprint density at radius 3 is 2.71 bits per heavy atom. The molecule has 0 fully saturated rings. The lowest BCUT2D eigenvalue weighted by molar-refractivity contribution is 0.266. The van der Waals surface area contributed by atoms with Crippen molar-refractivity contribution < 1.29 is 13.9 Å². The highest BCUT2D eigenvalue weighted by Crippen LogP contribution is 2.21. The first-order valence-electron chi connectivity index (χ1n) is 6.38. The van der Waals surface area contributed by atoms with Gasteiger partial charge in [0.15, 0.2) is 0 Å². The SMILES string of the molecule is Nc1ccc2c(c1)nc(CO)n2Cc1cc(F)ccc1F. The lowest BCUT2D eigenvalue weighted by atomic mass is 10.2. The molecule has 21 heavy (non-hydrogen) atoms. The van der Waals surface area contributed by atoms with Crippen LogP contribution in [0.5, 0.6) is 0 Å². The van der Waals surface area contributed by atoms with Crippen LogP contribution in [0.4, 0.5) is 14.5 Å². The molecule has 0 bridgehead atoms. The second-order valence-corrected chi connectivity index (χ2v) is 4.76. The quantitative estimate of drug-likeness (QED) is 0.728. The summed E-state index contributed by atoms with van der Waals surface area (Å²) < 4.78 is 28.7. The Morgan fingerprint density at radius 1 is 1.14 bits per heavy atom. The zero-order valence-corrected chi connectivity index (χ0v) is 11.1. The van der Waals surface area contributed by atoms with E-state index < -0.39 is 11.6 Å². The number of fused-ring (bicyclic) bond motifs is 1. The van der Waals surface area contributed by atoms with Gasteiger partial charge in [-0.3, -0.25) is 0 Å². The zero-order chi connectivity index (χ0) is 15.0. The molecule has 3 N–H and O–H groups in total. The third-order valence-corrected chi connectivity index (χ3v) is 3.33. The van der Waals surface area contributed by atoms with Crippen LogP contribution >= 0.6 is 0 Å². The van der Waals surface area contributed by atoms with Gasteiger partial charge in [-0.05, 0) is 36.4 Å². The molecule has 0 radical (unpaired) electrons. The molecule has 3 rings (SSSR count). The molecule has 0 aliphatic heterocycles. The number of hydrogen-bond donors (Lipinski definition) is 2. The summed E-state index contributed by atoms with van der Waals surface area (Å²) in [5, 5.41) is 9.41. The van der Waals surface area contributed by atoms with E-state index in [0.717, 1.165) is 18.2 Å². The van der Waals surface area contributed by atoms with Gasteiger partial charge in [0, 0.05) is 11.3 Å². The number of anilines is 1. The first kappa shape index (κ1) is 13.5. The van der Waals surface area contributed by atoms with Gasteiger partial charge >= 0.3 is 0 Å². The molecule has 0 aliphatic rings. The van der Waals surface area contributed by atoms with E-state index in [1.54, 1.807) is 22.8 Å². The zero-order valence-electron chi connectivity index (χ0n) is 11.1. The molecule has 6 heteroatoms. The Bertz CT molecular complexity index is 814. The summed E-state index contributed by atoms with van der Waals surface area (Å²) >= 11 is 0. The van der Waals surface area contributed by atoms with Crippen molar-refractivity contribution in [1.29, 1.82) is 0 Å². The maximum Gasteiger partial charge on any atom is 0.136 e. The summed E-state index contributed by atoms with van der Waals surface area (Å²) in [5.74, 6) is -0.637. The van der Waals surface area contributed by atoms with Crippen molar-refractivity contribution in [3.63, 3.8) is 0 Å². The Labute approximate surface area is 119 Å². The monoisotopic (exact) mass is 289 g/mol. The van der Waals surface area contributed by atoms with E-state index in [-0.39, 0.29) is 18.7 Å². The molecule has 0 spiro atoms. The van der Waals surface area contributed by atoms with E-state index in [1.807, 2.05) is 0 Å². The maximum absolute atomic E-state index is 13.8. The molecule has 0 unspecified atom stereocenters. The van der Waals surface area contributed by atoms with Crippen molar-refractivity contribution in [1.82, 2.24) is 9.55 Å². The lowest BCUT2D eigenvalue weighted by Gasteiger charge is -2.09. The van der Waals surface area contributed by atoms with Crippen molar-refractivity contribution in [3.8, 4) is 0 Å². The van der Waals surface area contributed by atoms with Gasteiger partial charge in [0.05, 0.1) is 17.6 Å². The first-order chi connectivity index (χ1) is 10.1. The van der Waals surface area contributed by atoms with Crippen LogP contribution in [0.15, 0.2) is 36.4 Å². The van der Waals surface area contributed by atoms with Crippen molar-refractivity contribution in [2.75, 3.05) is 5.73 Å². The van der Waals surface area contributed by atoms with Crippen LogP contribution in [0.2, 0.25) is 0 Å². The molecule has 0 amide bonds. The number of imidazole rings is 1. The summed E-state index contributed by atoms with van der Waals surface area (Å²) in [4.78, 5) is 4.26. The van der Waals surface area contributed by atoms with Crippen molar-refractivity contribution in [2.24, 2.45) is 0 Å². The van der Waals surface area contributed by atoms with Gasteiger partial charge in [-0.1, -0.05) is 0 Å². The Kier molecular flexibility index (Phi) is 3.31. The molecule has 108 valence electrons. The van der Waals surface area contributed by atoms with Gasteiger partial charge < -0.3 is 15.4 Å². The van der Waals surface area contributed by atoms with Gasteiger partial charge in [0.25, 0.3) is 0 Å². The number of aliphatic hydroxyl groups excluding tert-OH is 1. The molecular formula is C15H13F2N3O. The number of nitrogens with two attached hydrogens (primary N) is 1. The molecule has 2 aromatic carbocycles. The number of benzene rings is 2. The second kappa shape index (κ2) is 5.14. The highest BCUT2D eigenvalue weighted by Gasteiger charge is 2.13. The molecule has 0 saturated heterocycles. The lowest BCUT2D eigenvalue weighted by Crippen LogP contribution is -2.07. The van der Waals surface area contributed by atoms with Gasteiger partial charge in [0.1, 0.15) is 24.1 Å². The van der Waals surface area contributed by atoms with Crippen LogP contribution in [0.3, 0.4) is 0 Å². The third kappa shape index (κ3) is 2.45. The molecule has 3 aromatic rings. The topological polar surface area (TPSA) is 64.1 Å². The van der Waals surface area contributed by atoms with E-state index in [2.05, 4.69) is 4.98 Å². The van der Waals surface area contributed by atoms with Crippen LogP contribution in [0.1, 0.15) is 11.4 Å². The fraction of sp³-hybridized carbons (Fsp3) is 0.133. The Morgan fingerprint density at radius 2 is 1.95 bits per heavy atom. The predicted molar refractivity (Wildman–Crippen MR) is 75.5 cm³/mol. The largest absolute Gasteiger partial charge is 0.399 e. The Balaban J connectivity index is 2.13. The van der Waals surface area contributed by atoms with Crippen molar-refractivity contribution >= 4 is 16.7 Å². The number of nitrogens with zero attached hydrogens (tertiary/aromatic N) is 2. The summed E-state index contributed by atoms with van der Waals surface area (Å²) in [6.07, 6.45) is 0. The highest BCUT2D eigenvalue weighted by atomic mass is 19.1. The molecular weight excluding hydrogens is 276 g/mol. The first-order valence-corrected chi connectivity index (χ1v) is 6.38. The van der Waals surface area contributed by atoms with E-state index in [1.165, 1.54) is 0 Å². The predicted octanol–water partition coefficient (Wildman–Crippen LogP) is 2.44. The minimum atomic E-state index is -0.509. The van der Waals surface area contributed by atoms with Crippen molar-refractivity contribution in [3.05, 3.63) is 59.4 Å². The average Bonchev–Trinajstić information content (AvgIpc) is 2.80. The minimum absolute atomic E-state index is 0.0832. The van der Waals surface area contributed by atoms with Crippen LogP contribution in [-0.2, 0) is 13.2 Å². The van der Waals surface area contributed by atoms with E-state index in [4.69, 9.17) is 5.73 Å². The van der Waals surface area contributed by atoms with E-state index in [9.17, 15) is 13.9 Å². The second-order valence-electron chi connectivity index (χ2n) is 4.76. The van der Waals surface area contributed by atoms with Crippen molar-refractivity contribution in [2.45, 2.75) is 13.2 Å². The van der Waals surface area contributed by atoms with Gasteiger partial charge in [-0.25, -0.2) is 13.8 Å². The third-order valence-electron chi connectivity index (χ3n) is 3.33. The van der Waals surface area contributed by atoms with Gasteiger partial charge in [0.2, 0.25) is 0 Å². The molecule has 1 heterocycles. The van der Waals surface area contributed by atoms with E-state index >= 15 is 0 Å². The average molecular weight is 289 g/mol. The van der Waals surface area contributed by atoms with Crippen LogP contribution < -0.4 is 5.73 Å². The van der Waals surface area contributed by atoms with Crippen LogP contribution in [0, 0.1) is 11.6 Å². The molecule has 0 saturated carbocycles. The summed E-state index contributed by atoms with van der Waals surface area (Å²) in [6, 6.07) is 8.41. The van der Waals surface area contributed by atoms with Crippen LogP contribution in [-0.4, -0.2) is 14.7 Å². The number of nitrogen functional groups attached to an aromatic ring is 1. The standard InChI is InChI=1S/C15H13F2N3O/c16-10-1-3-12(17)9(5-10)7-20-14-4-2-11(18)6-13(14)19-15(20)8-21/h1-6,21H,7-8,18H2. The Hall–Kier alpha value is -2.47. The number of halogens is 2. The van der Waals surface area contributed by atoms with Gasteiger partial charge in [-0.2, -0.15) is 0 Å². The summed E-state index contributed by atoms with van der Waals surface area (Å²) in [6.45, 7) is -0.217. The summed E-state index contributed by atoms with van der Waals surface area (Å²) in [5.41, 5.74) is 7.76. The smallest absolute Gasteiger partial charge is 0.136 e. The highest BCUT2D eigenvalue weighted by molar-refractivity contribution is 5.79. The molecule has 4 nitrogen and oxygen atoms in total.